The number of fused-ring (bicyclic) bond motifs is 6. The number of benzene rings is 4. The minimum Gasteiger partial charge on any atom is -0.398 e. The van der Waals surface area contributed by atoms with Crippen LogP contribution in [0.1, 0.15) is 43.4 Å². The van der Waals surface area contributed by atoms with E-state index >= 15 is 0 Å². The van der Waals surface area contributed by atoms with E-state index in [1.807, 2.05) is 12.1 Å². The minimum atomic E-state index is -0.125. The predicted octanol–water partition coefficient (Wildman–Crippen LogP) is 8.36. The first-order valence-corrected chi connectivity index (χ1v) is 12.8. The summed E-state index contributed by atoms with van der Waals surface area (Å²) in [6, 6.07) is 30.9. The molecule has 2 unspecified atom stereocenters. The number of nitrogens with two attached hydrogens (primary N) is 1. The van der Waals surface area contributed by atoms with Crippen LogP contribution in [0, 0.1) is 0 Å². The van der Waals surface area contributed by atoms with Crippen LogP contribution in [0.4, 0.5) is 17.1 Å². The van der Waals surface area contributed by atoms with Gasteiger partial charge >= 0.3 is 0 Å². The van der Waals surface area contributed by atoms with Crippen LogP contribution in [0.2, 0.25) is 0 Å². The molecule has 1 heterocycles. The predicted molar refractivity (Wildman–Crippen MR) is 152 cm³/mol. The standard InChI is InChI=1S/C34H30N2/c1-33(2)28-18-15-22(24-10-4-6-13-31(24)35)20-27(28)25-17-16-23(21-30(25)33)36-32-14-7-5-11-26(32)29-12-8-9-19-34(29,36)3/h4-21,29H,35H2,1-3H3. The lowest BCUT2D eigenvalue weighted by Crippen LogP contribution is -2.42. The Kier molecular flexibility index (Phi) is 4.27. The van der Waals surface area contributed by atoms with E-state index in [0.717, 1.165) is 11.3 Å². The van der Waals surface area contributed by atoms with Crippen molar-refractivity contribution in [2.24, 2.45) is 0 Å². The second-order valence-corrected chi connectivity index (χ2v) is 11.0. The zero-order valence-electron chi connectivity index (χ0n) is 21.0. The van der Waals surface area contributed by atoms with Gasteiger partial charge < -0.3 is 10.6 Å². The maximum atomic E-state index is 6.32. The van der Waals surface area contributed by atoms with Gasteiger partial charge in [0.2, 0.25) is 0 Å². The van der Waals surface area contributed by atoms with Gasteiger partial charge in [-0.2, -0.15) is 0 Å². The molecule has 0 amide bonds. The highest BCUT2D eigenvalue weighted by Crippen LogP contribution is 2.56. The summed E-state index contributed by atoms with van der Waals surface area (Å²) in [7, 11) is 0. The first-order chi connectivity index (χ1) is 17.4. The van der Waals surface area contributed by atoms with Crippen LogP contribution in [0.3, 0.4) is 0 Å². The quantitative estimate of drug-likeness (QED) is 0.301. The molecule has 0 aromatic heterocycles. The Morgan fingerprint density at radius 1 is 0.722 bits per heavy atom. The van der Waals surface area contributed by atoms with E-state index in [-0.39, 0.29) is 11.0 Å². The highest BCUT2D eigenvalue weighted by Gasteiger charge is 2.47. The summed E-state index contributed by atoms with van der Waals surface area (Å²) >= 11 is 0. The van der Waals surface area contributed by atoms with E-state index in [4.69, 9.17) is 5.73 Å². The number of nitrogen functional groups attached to an aromatic ring is 1. The molecule has 7 rings (SSSR count). The first kappa shape index (κ1) is 21.3. The van der Waals surface area contributed by atoms with Crippen LogP contribution in [0.5, 0.6) is 0 Å². The van der Waals surface area contributed by atoms with Crippen LogP contribution in [-0.2, 0) is 5.41 Å². The lowest BCUT2D eigenvalue weighted by molar-refractivity contribution is 0.541. The van der Waals surface area contributed by atoms with E-state index in [1.165, 1.54) is 44.8 Å². The highest BCUT2D eigenvalue weighted by atomic mass is 15.2. The lowest BCUT2D eigenvalue weighted by Gasteiger charge is -2.39. The number of rotatable bonds is 2. The molecule has 0 bridgehead atoms. The molecule has 3 aliphatic rings. The van der Waals surface area contributed by atoms with Gasteiger partial charge in [0.1, 0.15) is 0 Å². The number of anilines is 3. The SMILES string of the molecule is CC1(C)c2ccc(-c3ccccc3N)cc2-c2ccc(N3c4ccccc4C4C=CC=CC43C)cc21. The second-order valence-electron chi connectivity index (χ2n) is 11.0. The van der Waals surface area contributed by atoms with E-state index in [0.29, 0.717) is 5.92 Å². The third kappa shape index (κ3) is 2.73. The van der Waals surface area contributed by atoms with E-state index in [2.05, 4.69) is 123 Å². The number of hydrogen-bond acceptors (Lipinski definition) is 2. The molecule has 36 heavy (non-hydrogen) atoms. The molecule has 0 saturated heterocycles. The monoisotopic (exact) mass is 466 g/mol. The summed E-state index contributed by atoms with van der Waals surface area (Å²) in [5.41, 5.74) is 18.5. The lowest BCUT2D eigenvalue weighted by atomic mass is 9.80. The van der Waals surface area contributed by atoms with Gasteiger partial charge in [-0.05, 0) is 70.6 Å². The highest BCUT2D eigenvalue weighted by molar-refractivity contribution is 5.89. The van der Waals surface area contributed by atoms with Gasteiger partial charge in [0.15, 0.2) is 0 Å². The molecular weight excluding hydrogens is 436 g/mol. The van der Waals surface area contributed by atoms with Crippen molar-refractivity contribution in [3.8, 4) is 22.3 Å². The molecule has 1 aliphatic heterocycles. The molecular formula is C34H30N2. The van der Waals surface area contributed by atoms with Crippen LogP contribution >= 0.6 is 0 Å². The summed E-state index contributed by atoms with van der Waals surface area (Å²) < 4.78 is 0. The zero-order valence-corrected chi connectivity index (χ0v) is 21.0. The molecule has 2 aliphatic carbocycles. The molecule has 4 aromatic carbocycles. The Morgan fingerprint density at radius 3 is 2.39 bits per heavy atom. The van der Waals surface area contributed by atoms with E-state index < -0.39 is 0 Å². The number of nitrogens with zero attached hydrogens (tertiary/aromatic N) is 1. The first-order valence-electron chi connectivity index (χ1n) is 12.8. The smallest absolute Gasteiger partial charge is 0.0712 e. The normalized spacial score (nSPS) is 22.2. The Labute approximate surface area is 213 Å². The van der Waals surface area contributed by atoms with Crippen LogP contribution in [-0.4, -0.2) is 5.54 Å². The molecule has 2 heteroatoms. The maximum absolute atomic E-state index is 6.32. The zero-order chi connectivity index (χ0) is 24.7. The van der Waals surface area contributed by atoms with Gasteiger partial charge in [0.25, 0.3) is 0 Å². The fourth-order valence-corrected chi connectivity index (χ4v) is 6.80. The molecule has 4 aromatic rings. The fraction of sp³-hybridized carbons (Fsp3) is 0.176. The topological polar surface area (TPSA) is 29.3 Å². The Hall–Kier alpha value is -4.04. The molecule has 2 nitrogen and oxygen atoms in total. The number of para-hydroxylation sites is 2. The van der Waals surface area contributed by atoms with Crippen molar-refractivity contribution in [2.45, 2.75) is 37.6 Å². The van der Waals surface area contributed by atoms with Crippen molar-refractivity contribution in [3.63, 3.8) is 0 Å². The summed E-state index contributed by atoms with van der Waals surface area (Å²) in [5, 5.41) is 0. The molecule has 176 valence electrons. The van der Waals surface area contributed by atoms with Crippen molar-refractivity contribution in [1.29, 1.82) is 0 Å². The van der Waals surface area contributed by atoms with Gasteiger partial charge in [-0.3, -0.25) is 0 Å². The molecule has 0 saturated carbocycles. The Morgan fingerprint density at radius 2 is 1.53 bits per heavy atom. The van der Waals surface area contributed by atoms with Crippen LogP contribution in [0.15, 0.2) is 109 Å². The Bertz CT molecular complexity index is 1610. The fourth-order valence-electron chi connectivity index (χ4n) is 6.80. The van der Waals surface area contributed by atoms with Crippen molar-refractivity contribution < 1.29 is 0 Å². The largest absolute Gasteiger partial charge is 0.398 e. The van der Waals surface area contributed by atoms with E-state index in [1.54, 1.807) is 0 Å². The van der Waals surface area contributed by atoms with E-state index in [9.17, 15) is 0 Å². The van der Waals surface area contributed by atoms with Crippen LogP contribution in [0.25, 0.3) is 22.3 Å². The minimum absolute atomic E-state index is 0.0801. The third-order valence-electron chi connectivity index (χ3n) is 8.66. The molecule has 0 radical (unpaired) electrons. The molecule has 2 atom stereocenters. The van der Waals surface area contributed by atoms with Crippen LogP contribution < -0.4 is 10.6 Å². The summed E-state index contributed by atoms with van der Waals surface area (Å²) in [5.74, 6) is 0.344. The number of allylic oxidation sites excluding steroid dienone is 2. The molecule has 2 N–H and O–H groups in total. The summed E-state index contributed by atoms with van der Waals surface area (Å²) in [4.78, 5) is 2.54. The van der Waals surface area contributed by atoms with Crippen molar-refractivity contribution in [1.82, 2.24) is 0 Å². The van der Waals surface area contributed by atoms with Crippen molar-refractivity contribution in [3.05, 3.63) is 126 Å². The average molecular weight is 467 g/mol. The van der Waals surface area contributed by atoms with Gasteiger partial charge in [-0.25, -0.2) is 0 Å². The Balaban J connectivity index is 1.39. The second kappa shape index (κ2) is 7.24. The average Bonchev–Trinajstić information content (AvgIpc) is 3.28. The summed E-state index contributed by atoms with van der Waals surface area (Å²) in [6.45, 7) is 7.06. The summed E-state index contributed by atoms with van der Waals surface area (Å²) in [6.07, 6.45) is 9.09. The van der Waals surface area contributed by atoms with Gasteiger partial charge in [-0.1, -0.05) is 92.7 Å². The van der Waals surface area contributed by atoms with Gasteiger partial charge in [0.05, 0.1) is 5.54 Å². The molecule has 0 fully saturated rings. The van der Waals surface area contributed by atoms with Gasteiger partial charge in [0, 0.05) is 34.0 Å². The van der Waals surface area contributed by atoms with Crippen molar-refractivity contribution >= 4 is 17.1 Å². The molecule has 0 spiro atoms. The maximum Gasteiger partial charge on any atom is 0.0712 e. The number of hydrogen-bond donors (Lipinski definition) is 1. The third-order valence-corrected chi connectivity index (χ3v) is 8.66. The van der Waals surface area contributed by atoms with Crippen molar-refractivity contribution in [2.75, 3.05) is 10.6 Å². The van der Waals surface area contributed by atoms with Gasteiger partial charge in [-0.15, -0.1) is 0 Å².